The normalized spacial score (nSPS) is 41.1. The van der Waals surface area contributed by atoms with Crippen molar-refractivity contribution in [2.75, 3.05) is 20.1 Å². The van der Waals surface area contributed by atoms with E-state index in [1.54, 1.807) is 0 Å². The average molecular weight is 250 g/mol. The highest BCUT2D eigenvalue weighted by Gasteiger charge is 2.47. The summed E-state index contributed by atoms with van der Waals surface area (Å²) in [7, 11) is 1.89. The Labute approximate surface area is 110 Å². The fraction of sp³-hybridized carbons (Fsp3) is 0.933. The molecule has 4 aliphatic carbocycles. The lowest BCUT2D eigenvalue weighted by atomic mass is 9.51. The van der Waals surface area contributed by atoms with Crippen molar-refractivity contribution >= 4 is 5.91 Å². The maximum Gasteiger partial charge on any atom is 0.236 e. The Morgan fingerprint density at radius 1 is 1.11 bits per heavy atom. The van der Waals surface area contributed by atoms with Gasteiger partial charge in [-0.05, 0) is 68.1 Å². The second-order valence-electron chi connectivity index (χ2n) is 6.90. The largest absolute Gasteiger partial charge is 0.345 e. The minimum absolute atomic E-state index is 0.0822. The molecule has 4 aliphatic rings. The van der Waals surface area contributed by atoms with Gasteiger partial charge in [-0.2, -0.15) is 0 Å². The molecule has 0 atom stereocenters. The fourth-order valence-corrected chi connectivity index (χ4v) is 5.13. The van der Waals surface area contributed by atoms with Crippen LogP contribution in [0.4, 0.5) is 0 Å². The van der Waals surface area contributed by atoms with Crippen molar-refractivity contribution < 1.29 is 4.79 Å². The van der Waals surface area contributed by atoms with Gasteiger partial charge < -0.3 is 10.6 Å². The first-order valence-electron chi connectivity index (χ1n) is 7.61. The molecule has 0 aromatic heterocycles. The van der Waals surface area contributed by atoms with Crippen LogP contribution in [-0.2, 0) is 4.79 Å². The fourth-order valence-electron chi connectivity index (χ4n) is 5.13. The van der Waals surface area contributed by atoms with Crippen LogP contribution in [0, 0.1) is 29.6 Å². The second-order valence-corrected chi connectivity index (χ2v) is 6.90. The predicted molar refractivity (Wildman–Crippen MR) is 71.8 cm³/mol. The molecule has 0 aromatic rings. The van der Waals surface area contributed by atoms with Crippen LogP contribution in [0.1, 0.15) is 38.5 Å². The summed E-state index contributed by atoms with van der Waals surface area (Å²) < 4.78 is 0. The van der Waals surface area contributed by atoms with E-state index in [0.29, 0.717) is 0 Å². The van der Waals surface area contributed by atoms with Crippen molar-refractivity contribution in [3.8, 4) is 0 Å². The Morgan fingerprint density at radius 2 is 1.67 bits per heavy atom. The molecule has 18 heavy (non-hydrogen) atoms. The topological polar surface area (TPSA) is 46.3 Å². The Hall–Kier alpha value is -0.570. The lowest BCUT2D eigenvalue weighted by molar-refractivity contribution is -0.129. The number of nitrogens with two attached hydrogens (primary N) is 1. The summed E-state index contributed by atoms with van der Waals surface area (Å²) in [6.45, 7) is 1.06. The molecule has 4 bridgehead atoms. The molecule has 0 aliphatic heterocycles. The monoisotopic (exact) mass is 250 g/mol. The first-order valence-corrected chi connectivity index (χ1v) is 7.61. The van der Waals surface area contributed by atoms with Gasteiger partial charge in [-0.25, -0.2) is 0 Å². The number of amides is 1. The SMILES string of the molecule is CN(CCC1C2CC3CC(C2)CC1C3)C(=O)CN. The van der Waals surface area contributed by atoms with Gasteiger partial charge in [0.2, 0.25) is 5.91 Å². The molecule has 0 saturated heterocycles. The van der Waals surface area contributed by atoms with Crippen molar-refractivity contribution in [3.05, 3.63) is 0 Å². The summed E-state index contributed by atoms with van der Waals surface area (Å²) in [4.78, 5) is 13.3. The second kappa shape index (κ2) is 4.84. The van der Waals surface area contributed by atoms with Crippen molar-refractivity contribution in [1.29, 1.82) is 0 Å². The predicted octanol–water partition coefficient (Wildman–Crippen LogP) is 1.87. The van der Waals surface area contributed by atoms with Gasteiger partial charge in [0.15, 0.2) is 0 Å². The van der Waals surface area contributed by atoms with E-state index in [1.807, 2.05) is 11.9 Å². The lowest BCUT2D eigenvalue weighted by Crippen LogP contribution is -2.46. The van der Waals surface area contributed by atoms with E-state index < -0.39 is 0 Å². The van der Waals surface area contributed by atoms with Crippen LogP contribution in [0.5, 0.6) is 0 Å². The van der Waals surface area contributed by atoms with Gasteiger partial charge in [0.25, 0.3) is 0 Å². The summed E-state index contributed by atoms with van der Waals surface area (Å²) in [5, 5.41) is 0. The van der Waals surface area contributed by atoms with Gasteiger partial charge in [0.05, 0.1) is 6.54 Å². The van der Waals surface area contributed by atoms with Crippen LogP contribution in [0.15, 0.2) is 0 Å². The first kappa shape index (κ1) is 12.5. The molecule has 0 aromatic carbocycles. The summed E-state index contributed by atoms with van der Waals surface area (Å²) >= 11 is 0. The van der Waals surface area contributed by atoms with Crippen molar-refractivity contribution in [2.45, 2.75) is 38.5 Å². The smallest absolute Gasteiger partial charge is 0.236 e. The van der Waals surface area contributed by atoms with Crippen LogP contribution in [0.25, 0.3) is 0 Å². The van der Waals surface area contributed by atoms with Gasteiger partial charge >= 0.3 is 0 Å². The molecule has 0 unspecified atom stereocenters. The quantitative estimate of drug-likeness (QED) is 0.828. The van der Waals surface area contributed by atoms with Crippen molar-refractivity contribution in [2.24, 2.45) is 35.3 Å². The Bertz CT molecular complexity index is 300. The minimum atomic E-state index is 0.0822. The molecular formula is C15H26N2O. The minimum Gasteiger partial charge on any atom is -0.345 e. The highest BCUT2D eigenvalue weighted by Crippen LogP contribution is 2.57. The number of nitrogens with zero attached hydrogens (tertiary/aromatic N) is 1. The number of likely N-dealkylation sites (N-methyl/N-ethyl adjacent to an activating group) is 1. The van der Waals surface area contributed by atoms with E-state index >= 15 is 0 Å². The molecule has 4 saturated carbocycles. The van der Waals surface area contributed by atoms with Gasteiger partial charge in [0, 0.05) is 13.6 Å². The van der Waals surface area contributed by atoms with Crippen LogP contribution in [0.3, 0.4) is 0 Å². The zero-order chi connectivity index (χ0) is 12.7. The zero-order valence-corrected chi connectivity index (χ0v) is 11.5. The van der Waals surface area contributed by atoms with Crippen LogP contribution in [-0.4, -0.2) is 30.9 Å². The Kier molecular flexibility index (Phi) is 3.35. The standard InChI is InChI=1S/C15H26N2O/c1-17(15(18)9-16)3-2-14-12-5-10-4-11(7-12)8-13(14)6-10/h10-14H,2-9,16H2,1H3. The van der Waals surface area contributed by atoms with E-state index in [9.17, 15) is 4.79 Å². The van der Waals surface area contributed by atoms with E-state index in [2.05, 4.69) is 0 Å². The zero-order valence-electron chi connectivity index (χ0n) is 11.5. The number of hydrogen-bond donors (Lipinski definition) is 1. The molecule has 0 heterocycles. The average Bonchev–Trinajstić information content (AvgIpc) is 2.35. The summed E-state index contributed by atoms with van der Waals surface area (Å²) in [6.07, 6.45) is 8.64. The molecule has 2 N–H and O–H groups in total. The van der Waals surface area contributed by atoms with Crippen molar-refractivity contribution in [3.63, 3.8) is 0 Å². The molecule has 3 nitrogen and oxygen atoms in total. The Balaban J connectivity index is 1.56. The summed E-state index contributed by atoms with van der Waals surface area (Å²) in [6, 6.07) is 0. The highest BCUT2D eigenvalue weighted by molar-refractivity contribution is 5.77. The van der Waals surface area contributed by atoms with Gasteiger partial charge in [-0.1, -0.05) is 0 Å². The number of carbonyl (C=O) groups excluding carboxylic acids is 1. The summed E-state index contributed by atoms with van der Waals surface area (Å²) in [5.41, 5.74) is 5.41. The van der Waals surface area contributed by atoms with Crippen LogP contribution < -0.4 is 5.73 Å². The molecule has 0 spiro atoms. The third-order valence-electron chi connectivity index (χ3n) is 5.82. The maximum atomic E-state index is 11.5. The molecular weight excluding hydrogens is 224 g/mol. The molecule has 1 amide bonds. The number of carbonyl (C=O) groups is 1. The first-order chi connectivity index (χ1) is 8.67. The molecule has 102 valence electrons. The van der Waals surface area contributed by atoms with E-state index in [0.717, 1.165) is 36.1 Å². The van der Waals surface area contributed by atoms with Gasteiger partial charge in [0.1, 0.15) is 0 Å². The number of hydrogen-bond acceptors (Lipinski definition) is 2. The van der Waals surface area contributed by atoms with E-state index in [-0.39, 0.29) is 12.5 Å². The lowest BCUT2D eigenvalue weighted by Gasteiger charge is -2.54. The maximum absolute atomic E-state index is 11.5. The molecule has 4 rings (SSSR count). The van der Waals surface area contributed by atoms with Crippen LogP contribution >= 0.6 is 0 Å². The highest BCUT2D eigenvalue weighted by atomic mass is 16.2. The number of rotatable bonds is 4. The molecule has 0 radical (unpaired) electrons. The van der Waals surface area contributed by atoms with E-state index in [4.69, 9.17) is 5.73 Å². The van der Waals surface area contributed by atoms with Crippen LogP contribution in [0.2, 0.25) is 0 Å². The third kappa shape index (κ3) is 2.18. The third-order valence-corrected chi connectivity index (χ3v) is 5.82. The molecule has 4 fully saturated rings. The van der Waals surface area contributed by atoms with E-state index in [1.165, 1.54) is 38.5 Å². The Morgan fingerprint density at radius 3 is 2.17 bits per heavy atom. The van der Waals surface area contributed by atoms with Gasteiger partial charge in [-0.15, -0.1) is 0 Å². The summed E-state index contributed by atoms with van der Waals surface area (Å²) in [5.74, 6) is 5.02. The molecule has 3 heteroatoms. The van der Waals surface area contributed by atoms with Gasteiger partial charge in [-0.3, -0.25) is 4.79 Å². The van der Waals surface area contributed by atoms with Crippen molar-refractivity contribution in [1.82, 2.24) is 4.90 Å².